The third-order valence-corrected chi connectivity index (χ3v) is 3.97. The second-order valence-electron chi connectivity index (χ2n) is 5.12. The molecular weight excluding hydrogens is 256 g/mol. The molecule has 0 radical (unpaired) electrons. The van der Waals surface area contributed by atoms with E-state index in [0.717, 1.165) is 17.5 Å². The molecule has 0 saturated carbocycles. The summed E-state index contributed by atoms with van der Waals surface area (Å²) in [6.07, 6.45) is 1.36. The van der Waals surface area contributed by atoms with Crippen LogP contribution in [0.15, 0.2) is 29.4 Å². The number of carbonyl (C=O) groups is 1. The third kappa shape index (κ3) is 2.48. The molecule has 0 spiro atoms. The van der Waals surface area contributed by atoms with Crippen LogP contribution in [0.2, 0.25) is 0 Å². The highest BCUT2D eigenvalue weighted by molar-refractivity contribution is 5.82. The fraction of sp³-hybridized carbons (Fsp3) is 0.500. The quantitative estimate of drug-likeness (QED) is 0.374. The van der Waals surface area contributed by atoms with Crippen LogP contribution in [0.5, 0.6) is 0 Å². The summed E-state index contributed by atoms with van der Waals surface area (Å²) in [6, 6.07) is 7.67. The Bertz CT molecular complexity index is 554. The predicted molar refractivity (Wildman–Crippen MR) is 75.4 cm³/mol. The van der Waals surface area contributed by atoms with Crippen molar-refractivity contribution in [1.82, 2.24) is 5.32 Å². The van der Waals surface area contributed by atoms with Crippen LogP contribution in [-0.4, -0.2) is 24.2 Å². The Labute approximate surface area is 117 Å². The molecule has 2 unspecified atom stereocenters. The highest BCUT2D eigenvalue weighted by Crippen LogP contribution is 2.41. The van der Waals surface area contributed by atoms with Crippen molar-refractivity contribution in [3.8, 4) is 0 Å². The van der Waals surface area contributed by atoms with Crippen molar-refractivity contribution in [2.45, 2.75) is 31.2 Å². The SMILES string of the molecule is CC1CCC(NCCN=[N+]=[N-])(C(=O)O)c2ccccc21. The van der Waals surface area contributed by atoms with Gasteiger partial charge in [-0.25, -0.2) is 4.79 Å². The third-order valence-electron chi connectivity index (χ3n) is 3.97. The van der Waals surface area contributed by atoms with E-state index >= 15 is 0 Å². The summed E-state index contributed by atoms with van der Waals surface area (Å²) < 4.78 is 0. The molecule has 1 aliphatic carbocycles. The highest BCUT2D eigenvalue weighted by Gasteiger charge is 2.44. The lowest BCUT2D eigenvalue weighted by Gasteiger charge is -2.38. The van der Waals surface area contributed by atoms with Gasteiger partial charge < -0.3 is 5.11 Å². The molecule has 0 heterocycles. The monoisotopic (exact) mass is 274 g/mol. The number of hydrogen-bond donors (Lipinski definition) is 2. The van der Waals surface area contributed by atoms with E-state index in [1.807, 2.05) is 24.3 Å². The minimum Gasteiger partial charge on any atom is -0.480 e. The van der Waals surface area contributed by atoms with Crippen LogP contribution in [0.1, 0.15) is 36.8 Å². The van der Waals surface area contributed by atoms with Gasteiger partial charge in [-0.2, -0.15) is 0 Å². The van der Waals surface area contributed by atoms with E-state index < -0.39 is 11.5 Å². The van der Waals surface area contributed by atoms with Crippen molar-refractivity contribution in [3.05, 3.63) is 45.8 Å². The van der Waals surface area contributed by atoms with Gasteiger partial charge in [-0.3, -0.25) is 5.32 Å². The zero-order valence-electron chi connectivity index (χ0n) is 11.4. The Morgan fingerprint density at radius 1 is 1.60 bits per heavy atom. The molecule has 1 aromatic rings. The van der Waals surface area contributed by atoms with Gasteiger partial charge in [0, 0.05) is 18.0 Å². The number of azide groups is 1. The molecule has 0 fully saturated rings. The molecule has 2 rings (SSSR count). The smallest absolute Gasteiger partial charge is 0.328 e. The first kappa shape index (κ1) is 14.4. The van der Waals surface area contributed by atoms with Gasteiger partial charge in [0.15, 0.2) is 0 Å². The fourth-order valence-corrected chi connectivity index (χ4v) is 2.88. The van der Waals surface area contributed by atoms with E-state index in [0.29, 0.717) is 18.9 Å². The number of hydrogen-bond acceptors (Lipinski definition) is 3. The summed E-state index contributed by atoms with van der Waals surface area (Å²) in [5.74, 6) is -0.518. The van der Waals surface area contributed by atoms with Crippen LogP contribution in [-0.2, 0) is 10.3 Å². The van der Waals surface area contributed by atoms with Crippen LogP contribution in [0.4, 0.5) is 0 Å². The predicted octanol–water partition coefficient (Wildman–Crippen LogP) is 2.76. The maximum absolute atomic E-state index is 11.8. The van der Waals surface area contributed by atoms with E-state index in [2.05, 4.69) is 22.3 Å². The molecule has 1 aromatic carbocycles. The molecule has 0 aliphatic heterocycles. The molecule has 0 bridgehead atoms. The van der Waals surface area contributed by atoms with E-state index in [1.54, 1.807) is 0 Å². The molecule has 0 aromatic heterocycles. The topological polar surface area (TPSA) is 98.1 Å². The lowest BCUT2D eigenvalue weighted by atomic mass is 9.72. The first-order valence-electron chi connectivity index (χ1n) is 6.70. The second kappa shape index (κ2) is 5.94. The fourth-order valence-electron chi connectivity index (χ4n) is 2.88. The molecule has 0 amide bonds. The lowest BCUT2D eigenvalue weighted by molar-refractivity contribution is -0.146. The molecular formula is C14H18N4O2. The summed E-state index contributed by atoms with van der Waals surface area (Å²) in [4.78, 5) is 14.5. The Hall–Kier alpha value is -2.04. The Morgan fingerprint density at radius 2 is 2.35 bits per heavy atom. The Morgan fingerprint density at radius 3 is 3.05 bits per heavy atom. The summed E-state index contributed by atoms with van der Waals surface area (Å²) in [6.45, 7) is 2.70. The van der Waals surface area contributed by atoms with Crippen molar-refractivity contribution >= 4 is 5.97 Å². The molecule has 6 heteroatoms. The van der Waals surface area contributed by atoms with Crippen LogP contribution >= 0.6 is 0 Å². The van der Waals surface area contributed by atoms with Gasteiger partial charge in [0.25, 0.3) is 0 Å². The normalized spacial score (nSPS) is 24.6. The average molecular weight is 274 g/mol. The van der Waals surface area contributed by atoms with Gasteiger partial charge in [0.1, 0.15) is 5.54 Å². The highest BCUT2D eigenvalue weighted by atomic mass is 16.4. The number of benzene rings is 1. The number of aliphatic carboxylic acids is 1. The van der Waals surface area contributed by atoms with Crippen LogP contribution < -0.4 is 5.32 Å². The molecule has 2 N–H and O–H groups in total. The van der Waals surface area contributed by atoms with E-state index in [9.17, 15) is 9.90 Å². The van der Waals surface area contributed by atoms with Crippen molar-refractivity contribution in [2.24, 2.45) is 5.11 Å². The van der Waals surface area contributed by atoms with E-state index in [4.69, 9.17) is 5.53 Å². The maximum atomic E-state index is 11.8. The zero-order valence-corrected chi connectivity index (χ0v) is 11.4. The average Bonchev–Trinajstić information content (AvgIpc) is 2.46. The lowest BCUT2D eigenvalue weighted by Crippen LogP contribution is -2.52. The van der Waals surface area contributed by atoms with Crippen molar-refractivity contribution < 1.29 is 9.90 Å². The molecule has 6 nitrogen and oxygen atoms in total. The van der Waals surface area contributed by atoms with Crippen molar-refractivity contribution in [1.29, 1.82) is 0 Å². The van der Waals surface area contributed by atoms with Crippen molar-refractivity contribution in [2.75, 3.05) is 13.1 Å². The largest absolute Gasteiger partial charge is 0.480 e. The number of carboxylic acid groups (broad SMARTS) is 1. The first-order chi connectivity index (χ1) is 9.62. The Balaban J connectivity index is 2.35. The molecule has 1 aliphatic rings. The molecule has 106 valence electrons. The Kier molecular flexibility index (Phi) is 4.27. The van der Waals surface area contributed by atoms with E-state index in [1.165, 1.54) is 0 Å². The second-order valence-corrected chi connectivity index (χ2v) is 5.12. The van der Waals surface area contributed by atoms with Gasteiger partial charge in [0.2, 0.25) is 0 Å². The molecule has 2 atom stereocenters. The number of rotatable bonds is 5. The van der Waals surface area contributed by atoms with E-state index in [-0.39, 0.29) is 6.54 Å². The minimum atomic E-state index is -1.08. The van der Waals surface area contributed by atoms with Crippen molar-refractivity contribution in [3.63, 3.8) is 0 Å². The first-order valence-corrected chi connectivity index (χ1v) is 6.70. The maximum Gasteiger partial charge on any atom is 0.328 e. The summed E-state index contributed by atoms with van der Waals surface area (Å²) in [5.41, 5.74) is 9.12. The van der Waals surface area contributed by atoms with Gasteiger partial charge in [-0.05, 0) is 35.4 Å². The number of carboxylic acids is 1. The van der Waals surface area contributed by atoms with Gasteiger partial charge in [0.05, 0.1) is 0 Å². The van der Waals surface area contributed by atoms with Gasteiger partial charge in [-0.1, -0.05) is 36.3 Å². The molecule has 20 heavy (non-hydrogen) atoms. The summed E-state index contributed by atoms with van der Waals surface area (Å²) >= 11 is 0. The zero-order chi connectivity index (χ0) is 14.6. The number of nitrogens with zero attached hydrogens (tertiary/aromatic N) is 3. The van der Waals surface area contributed by atoms with Gasteiger partial charge in [-0.15, -0.1) is 0 Å². The molecule has 0 saturated heterocycles. The number of fused-ring (bicyclic) bond motifs is 1. The summed E-state index contributed by atoms with van der Waals surface area (Å²) in [5, 5.41) is 16.2. The van der Waals surface area contributed by atoms with Crippen LogP contribution in [0.3, 0.4) is 0 Å². The van der Waals surface area contributed by atoms with Crippen LogP contribution in [0.25, 0.3) is 10.4 Å². The number of nitrogens with one attached hydrogen (secondary N) is 1. The summed E-state index contributed by atoms with van der Waals surface area (Å²) in [7, 11) is 0. The minimum absolute atomic E-state index is 0.239. The van der Waals surface area contributed by atoms with Gasteiger partial charge >= 0.3 is 5.97 Å². The standard InChI is InChI=1S/C14H18N4O2/c1-10-6-7-14(13(19)20,16-8-9-17-18-15)12-5-3-2-4-11(10)12/h2-5,10,16H,6-9H2,1H3,(H,19,20). The van der Waals surface area contributed by atoms with Crippen LogP contribution in [0, 0.1) is 0 Å².